The van der Waals surface area contributed by atoms with Gasteiger partial charge in [-0.2, -0.15) is 5.10 Å². The van der Waals surface area contributed by atoms with Crippen LogP contribution in [-0.4, -0.2) is 41.1 Å². The number of rotatable bonds is 5. The van der Waals surface area contributed by atoms with Gasteiger partial charge in [-0.15, -0.1) is 0 Å². The smallest absolute Gasteiger partial charge is 0.217 e. The van der Waals surface area contributed by atoms with Crippen molar-refractivity contribution in [1.82, 2.24) is 14.7 Å². The molecule has 4 nitrogen and oxygen atoms in total. The van der Waals surface area contributed by atoms with Gasteiger partial charge in [-0.05, 0) is 26.2 Å². The number of likely N-dealkylation sites (N-methyl/N-ethyl adjacent to an activating group) is 1. The van der Waals surface area contributed by atoms with E-state index in [4.69, 9.17) is 23.2 Å². The van der Waals surface area contributed by atoms with E-state index in [2.05, 4.69) is 5.10 Å². The molecule has 2 aromatic rings. The summed E-state index contributed by atoms with van der Waals surface area (Å²) in [4.78, 5) is 14.5. The fourth-order valence-corrected chi connectivity index (χ4v) is 2.36. The summed E-state index contributed by atoms with van der Waals surface area (Å²) in [6, 6.07) is 4.10. The van der Waals surface area contributed by atoms with Gasteiger partial charge in [0.15, 0.2) is 0 Å². The molecular weight excluding hydrogens is 316 g/mol. The fourth-order valence-electron chi connectivity index (χ4n) is 1.89. The lowest BCUT2D eigenvalue weighted by Gasteiger charge is -2.12. The van der Waals surface area contributed by atoms with Crippen molar-refractivity contribution >= 4 is 29.0 Å². The largest absolute Gasteiger partial charge is 0.308 e. The van der Waals surface area contributed by atoms with Crippen LogP contribution in [0.4, 0.5) is 4.39 Å². The maximum Gasteiger partial charge on any atom is 0.217 e. The zero-order valence-corrected chi connectivity index (χ0v) is 13.1. The molecule has 7 heteroatoms. The summed E-state index contributed by atoms with van der Waals surface area (Å²) in [5, 5.41) is 4.30. The Bertz CT molecular complexity index is 650. The third kappa shape index (κ3) is 3.43. The van der Waals surface area contributed by atoms with Gasteiger partial charge in [-0.3, -0.25) is 9.48 Å². The first-order valence-electron chi connectivity index (χ1n) is 6.26. The topological polar surface area (TPSA) is 38.1 Å². The van der Waals surface area contributed by atoms with Gasteiger partial charge in [0.1, 0.15) is 11.5 Å². The van der Waals surface area contributed by atoms with Crippen LogP contribution in [0.25, 0.3) is 0 Å². The first-order valence-corrected chi connectivity index (χ1v) is 7.02. The lowest BCUT2D eigenvalue weighted by Crippen LogP contribution is -2.22. The first-order chi connectivity index (χ1) is 9.91. The number of benzene rings is 1. The Morgan fingerprint density at radius 1 is 1.33 bits per heavy atom. The van der Waals surface area contributed by atoms with Gasteiger partial charge in [0, 0.05) is 6.54 Å². The highest BCUT2D eigenvalue weighted by molar-refractivity contribution is 6.37. The molecule has 0 aliphatic rings. The van der Waals surface area contributed by atoms with Crippen molar-refractivity contribution in [2.24, 2.45) is 0 Å². The molecule has 0 unspecified atom stereocenters. The number of ketones is 1. The average Bonchev–Trinajstić information content (AvgIpc) is 2.77. The van der Waals surface area contributed by atoms with Crippen LogP contribution in [0.5, 0.6) is 0 Å². The number of halogens is 3. The molecule has 0 fully saturated rings. The van der Waals surface area contributed by atoms with Gasteiger partial charge in [0.05, 0.1) is 28.4 Å². The molecule has 21 heavy (non-hydrogen) atoms. The van der Waals surface area contributed by atoms with E-state index in [1.165, 1.54) is 29.1 Å². The molecular formula is C14H14Cl2FN3O. The van der Waals surface area contributed by atoms with Crippen LogP contribution in [-0.2, 0) is 6.54 Å². The van der Waals surface area contributed by atoms with E-state index in [0.29, 0.717) is 13.1 Å². The van der Waals surface area contributed by atoms with Crippen LogP contribution in [0.2, 0.25) is 10.0 Å². The molecule has 0 bridgehead atoms. The van der Waals surface area contributed by atoms with Crippen molar-refractivity contribution in [3.63, 3.8) is 0 Å². The highest BCUT2D eigenvalue weighted by atomic mass is 35.5. The molecule has 0 spiro atoms. The number of aromatic nitrogens is 2. The van der Waals surface area contributed by atoms with Crippen molar-refractivity contribution in [3.05, 3.63) is 51.5 Å². The van der Waals surface area contributed by atoms with Crippen LogP contribution in [0.1, 0.15) is 16.1 Å². The monoisotopic (exact) mass is 329 g/mol. The third-order valence-electron chi connectivity index (χ3n) is 2.96. The van der Waals surface area contributed by atoms with Gasteiger partial charge in [0.25, 0.3) is 0 Å². The quantitative estimate of drug-likeness (QED) is 0.791. The number of carbonyl (C=O) groups is 1. The van der Waals surface area contributed by atoms with E-state index in [-0.39, 0.29) is 21.3 Å². The second kappa shape index (κ2) is 6.56. The molecule has 0 radical (unpaired) electrons. The Balaban J connectivity index is 2.42. The summed E-state index contributed by atoms with van der Waals surface area (Å²) in [6.45, 7) is 1.14. The maximum atomic E-state index is 13.9. The van der Waals surface area contributed by atoms with E-state index < -0.39 is 11.6 Å². The van der Waals surface area contributed by atoms with Crippen LogP contribution < -0.4 is 0 Å². The average molecular weight is 330 g/mol. The predicted molar refractivity (Wildman–Crippen MR) is 80.6 cm³/mol. The highest BCUT2D eigenvalue weighted by Crippen LogP contribution is 2.25. The molecule has 0 atom stereocenters. The molecule has 1 aromatic carbocycles. The van der Waals surface area contributed by atoms with Crippen molar-refractivity contribution in [2.45, 2.75) is 6.54 Å². The lowest BCUT2D eigenvalue weighted by molar-refractivity contribution is 0.102. The molecule has 0 aliphatic carbocycles. The summed E-state index contributed by atoms with van der Waals surface area (Å²) in [5.41, 5.74) is -0.0433. The van der Waals surface area contributed by atoms with Crippen molar-refractivity contribution in [1.29, 1.82) is 0 Å². The van der Waals surface area contributed by atoms with E-state index in [0.717, 1.165) is 0 Å². The van der Waals surface area contributed by atoms with Crippen molar-refractivity contribution < 1.29 is 9.18 Å². The molecule has 112 valence electrons. The minimum atomic E-state index is -0.677. The second-order valence-electron chi connectivity index (χ2n) is 4.79. The minimum absolute atomic E-state index is 0.0522. The SMILES string of the molecule is CN(C)CCn1ncc(Cl)c1C(=O)c1c(F)cccc1Cl. The lowest BCUT2D eigenvalue weighted by atomic mass is 10.1. The summed E-state index contributed by atoms with van der Waals surface area (Å²) in [5.74, 6) is -1.25. The van der Waals surface area contributed by atoms with Gasteiger partial charge < -0.3 is 4.90 Å². The molecule has 0 aliphatic heterocycles. The van der Waals surface area contributed by atoms with Crippen LogP contribution in [0.15, 0.2) is 24.4 Å². The third-order valence-corrected chi connectivity index (χ3v) is 3.55. The second-order valence-corrected chi connectivity index (χ2v) is 5.61. The van der Waals surface area contributed by atoms with Gasteiger partial charge >= 0.3 is 0 Å². The van der Waals surface area contributed by atoms with Crippen LogP contribution >= 0.6 is 23.2 Å². The van der Waals surface area contributed by atoms with Gasteiger partial charge in [-0.25, -0.2) is 4.39 Å². The highest BCUT2D eigenvalue weighted by Gasteiger charge is 2.24. The normalized spacial score (nSPS) is 11.1. The Labute approximate surface area is 132 Å². The number of hydrogen-bond donors (Lipinski definition) is 0. The van der Waals surface area contributed by atoms with E-state index in [9.17, 15) is 9.18 Å². The molecule has 0 amide bonds. The number of hydrogen-bond acceptors (Lipinski definition) is 3. The number of carbonyl (C=O) groups excluding carboxylic acids is 1. The first kappa shape index (κ1) is 15.9. The Kier molecular flexibility index (Phi) is 4.98. The maximum absolute atomic E-state index is 13.9. The van der Waals surface area contributed by atoms with Crippen molar-refractivity contribution in [2.75, 3.05) is 20.6 Å². The zero-order valence-electron chi connectivity index (χ0n) is 11.6. The standard InChI is InChI=1S/C14H14Cl2FN3O/c1-19(2)6-7-20-13(10(16)8-18-20)14(21)12-9(15)4-3-5-11(12)17/h3-5,8H,6-7H2,1-2H3. The Hall–Kier alpha value is -1.43. The van der Waals surface area contributed by atoms with Gasteiger partial charge in [-0.1, -0.05) is 29.3 Å². The molecule has 2 rings (SSSR count). The molecule has 0 N–H and O–H groups in total. The summed E-state index contributed by atoms with van der Waals surface area (Å²) in [7, 11) is 3.81. The molecule has 1 heterocycles. The predicted octanol–water partition coefficient (Wildman–Crippen LogP) is 3.12. The van der Waals surface area contributed by atoms with Crippen LogP contribution in [0, 0.1) is 5.82 Å². The summed E-state index contributed by atoms with van der Waals surface area (Å²) >= 11 is 12.0. The summed E-state index contributed by atoms with van der Waals surface area (Å²) < 4.78 is 15.3. The molecule has 1 aromatic heterocycles. The van der Waals surface area contributed by atoms with Crippen molar-refractivity contribution in [3.8, 4) is 0 Å². The molecule has 0 saturated carbocycles. The van der Waals surface area contributed by atoms with Gasteiger partial charge in [0.2, 0.25) is 5.78 Å². The van der Waals surface area contributed by atoms with E-state index in [1.807, 2.05) is 19.0 Å². The Morgan fingerprint density at radius 3 is 2.67 bits per heavy atom. The zero-order chi connectivity index (χ0) is 15.6. The fraction of sp³-hybridized carbons (Fsp3) is 0.286. The minimum Gasteiger partial charge on any atom is -0.308 e. The van der Waals surface area contributed by atoms with Crippen LogP contribution in [0.3, 0.4) is 0 Å². The van der Waals surface area contributed by atoms with E-state index in [1.54, 1.807) is 0 Å². The summed E-state index contributed by atoms with van der Waals surface area (Å²) in [6.07, 6.45) is 1.37. The number of nitrogens with zero attached hydrogens (tertiary/aromatic N) is 3. The van der Waals surface area contributed by atoms with E-state index >= 15 is 0 Å². The molecule has 0 saturated heterocycles. The Morgan fingerprint density at radius 2 is 2.05 bits per heavy atom.